The molecule has 55 heavy (non-hydrogen) atoms. The van der Waals surface area contributed by atoms with Crippen LogP contribution in [0.2, 0.25) is 0 Å². The van der Waals surface area contributed by atoms with Gasteiger partial charge < -0.3 is 40.8 Å². The summed E-state index contributed by atoms with van der Waals surface area (Å²) in [5.41, 5.74) is 12.5. The number of aliphatic hydroxyl groups excluding tert-OH is 1. The van der Waals surface area contributed by atoms with Crippen molar-refractivity contribution in [3.05, 3.63) is 130 Å². The molecule has 288 valence electrons. The number of imidazole rings is 1. The number of nitrogens with one attached hydrogen (secondary N) is 3. The van der Waals surface area contributed by atoms with Crippen molar-refractivity contribution in [2.24, 2.45) is 0 Å². The van der Waals surface area contributed by atoms with Crippen LogP contribution in [0.4, 0.5) is 11.4 Å². The van der Waals surface area contributed by atoms with E-state index >= 15 is 0 Å². The number of hydrogen-bond acceptors (Lipinski definition) is 8. The second-order valence-electron chi connectivity index (χ2n) is 14.6. The largest absolute Gasteiger partial charge is 0.397 e. The number of piperidine rings is 1. The number of likely N-dealkylation sites (tertiary alicyclic amines) is 1. The average molecular weight is 747 g/mol. The molecular weight excluding hydrogens is 697 g/mol. The first kappa shape index (κ1) is 38.0. The van der Waals surface area contributed by atoms with Gasteiger partial charge in [-0.15, -0.1) is 0 Å². The minimum atomic E-state index is -0.581. The number of nitrogens with zero attached hydrogens (tertiary/aromatic N) is 2. The summed E-state index contributed by atoms with van der Waals surface area (Å²) >= 11 is 0. The fraction of sp³-hybridized carbons (Fsp3) is 0.372. The smallest absolute Gasteiger partial charge is 0.326 e. The van der Waals surface area contributed by atoms with Crippen LogP contribution >= 0.6 is 0 Å². The Hall–Kier alpha value is -5.27. The van der Waals surface area contributed by atoms with Crippen molar-refractivity contribution < 1.29 is 24.2 Å². The molecule has 4 aromatic carbocycles. The molecule has 1 aromatic heterocycles. The van der Waals surface area contributed by atoms with Crippen LogP contribution in [-0.2, 0) is 32.2 Å². The number of anilines is 2. The number of carbonyl (C=O) groups excluding carboxylic acids is 2. The molecule has 2 fully saturated rings. The summed E-state index contributed by atoms with van der Waals surface area (Å²) in [6, 6.07) is 31.0. The molecule has 3 atom stereocenters. The maximum absolute atomic E-state index is 12.8. The maximum Gasteiger partial charge on any atom is 0.326 e. The third-order valence-electron chi connectivity index (χ3n) is 10.7. The number of amides is 2. The molecule has 5 aromatic rings. The maximum atomic E-state index is 12.8. The third kappa shape index (κ3) is 9.70. The van der Waals surface area contributed by atoms with Gasteiger partial charge in [0.05, 0.1) is 41.2 Å². The first-order valence-electron chi connectivity index (χ1n) is 19.2. The van der Waals surface area contributed by atoms with E-state index < -0.39 is 6.29 Å². The van der Waals surface area contributed by atoms with Crippen LogP contribution in [0.3, 0.4) is 0 Å². The zero-order chi connectivity index (χ0) is 38.1. The van der Waals surface area contributed by atoms with Crippen molar-refractivity contribution in [3.63, 3.8) is 0 Å². The van der Waals surface area contributed by atoms with E-state index in [-0.39, 0.29) is 42.4 Å². The fourth-order valence-electron chi connectivity index (χ4n) is 7.59. The van der Waals surface area contributed by atoms with Gasteiger partial charge >= 0.3 is 5.69 Å². The number of aliphatic hydroxyl groups is 1. The number of aromatic amines is 1. The van der Waals surface area contributed by atoms with Crippen LogP contribution in [0.1, 0.15) is 85.6 Å². The standard InChI is InChI=1S/C43H50N6O6/c44-35-7-1-2-8-36(35)46-41(52)12-6-5-11-40(51)45-26-29-13-19-32(20-14-29)42-54-34(25-39(55-42)31-17-15-30(28-50)16-18-31)27-48-23-21-33(22-24-48)49-38-10-4-3-9-37(38)47-43(49)53/h1-4,7-10,13-20,33-34,39,42,50H,5-6,11-12,21-28,44H2,(H,45,51)(H,46,52)(H,47,53)/t34-,39+,42+/m1/s1. The highest BCUT2D eigenvalue weighted by Gasteiger charge is 2.34. The highest BCUT2D eigenvalue weighted by molar-refractivity contribution is 5.93. The van der Waals surface area contributed by atoms with Gasteiger partial charge in [0.15, 0.2) is 6.29 Å². The summed E-state index contributed by atoms with van der Waals surface area (Å²) in [5, 5.41) is 15.4. The highest BCUT2D eigenvalue weighted by Crippen LogP contribution is 2.39. The molecule has 0 aliphatic carbocycles. The van der Waals surface area contributed by atoms with E-state index in [2.05, 4.69) is 20.5 Å². The normalized spacial score (nSPS) is 19.3. The quantitative estimate of drug-likeness (QED) is 0.0672. The Morgan fingerprint density at radius 3 is 2.24 bits per heavy atom. The van der Waals surface area contributed by atoms with E-state index in [1.165, 1.54) is 0 Å². The van der Waals surface area contributed by atoms with E-state index in [4.69, 9.17) is 15.2 Å². The number of para-hydroxylation sites is 4. The number of hydrogen-bond donors (Lipinski definition) is 5. The molecule has 0 spiro atoms. The summed E-state index contributed by atoms with van der Waals surface area (Å²) < 4.78 is 15.1. The van der Waals surface area contributed by atoms with Crippen molar-refractivity contribution in [1.82, 2.24) is 19.8 Å². The minimum absolute atomic E-state index is 0.0161. The summed E-state index contributed by atoms with van der Waals surface area (Å²) in [5.74, 6) is -0.186. The summed E-state index contributed by atoms with van der Waals surface area (Å²) in [6.07, 6.45) is 3.43. The Morgan fingerprint density at radius 1 is 0.818 bits per heavy atom. The summed E-state index contributed by atoms with van der Waals surface area (Å²) in [4.78, 5) is 43.1. The van der Waals surface area contributed by atoms with Crippen LogP contribution in [-0.4, -0.2) is 57.1 Å². The zero-order valence-electron chi connectivity index (χ0n) is 31.0. The molecule has 12 nitrogen and oxygen atoms in total. The topological polar surface area (TPSA) is 164 Å². The predicted octanol–water partition coefficient (Wildman–Crippen LogP) is 6.10. The summed E-state index contributed by atoms with van der Waals surface area (Å²) in [7, 11) is 0. The molecule has 7 rings (SSSR count). The second kappa shape index (κ2) is 17.9. The van der Waals surface area contributed by atoms with E-state index in [0.29, 0.717) is 50.0 Å². The van der Waals surface area contributed by atoms with Crippen molar-refractivity contribution in [2.75, 3.05) is 30.7 Å². The molecule has 0 saturated carbocycles. The van der Waals surface area contributed by atoms with Crippen molar-refractivity contribution in [2.45, 2.75) is 82.6 Å². The Morgan fingerprint density at radius 2 is 1.49 bits per heavy atom. The van der Waals surface area contributed by atoms with Gasteiger partial charge in [-0.3, -0.25) is 14.2 Å². The highest BCUT2D eigenvalue weighted by atomic mass is 16.7. The first-order chi connectivity index (χ1) is 26.8. The molecule has 6 N–H and O–H groups in total. The van der Waals surface area contributed by atoms with Gasteiger partial charge in [0.25, 0.3) is 0 Å². The Bertz CT molecular complexity index is 2100. The number of benzene rings is 4. The number of aromatic nitrogens is 2. The number of H-pyrrole nitrogens is 1. The van der Waals surface area contributed by atoms with Gasteiger partial charge in [0, 0.05) is 57.0 Å². The molecule has 2 amide bonds. The summed E-state index contributed by atoms with van der Waals surface area (Å²) in [6.45, 7) is 2.84. The van der Waals surface area contributed by atoms with E-state index in [9.17, 15) is 19.5 Å². The fourth-order valence-corrected chi connectivity index (χ4v) is 7.59. The predicted molar refractivity (Wildman–Crippen MR) is 212 cm³/mol. The van der Waals surface area contributed by atoms with Gasteiger partial charge in [-0.1, -0.05) is 72.8 Å². The average Bonchev–Trinajstić information content (AvgIpc) is 3.55. The lowest BCUT2D eigenvalue weighted by atomic mass is 9.98. The van der Waals surface area contributed by atoms with Gasteiger partial charge in [-0.25, -0.2) is 4.79 Å². The van der Waals surface area contributed by atoms with Crippen LogP contribution in [0.15, 0.2) is 102 Å². The lowest BCUT2D eigenvalue weighted by molar-refractivity contribution is -0.253. The van der Waals surface area contributed by atoms with Crippen molar-refractivity contribution >= 4 is 34.2 Å². The SMILES string of the molecule is Nc1ccccc1NC(=O)CCCCC(=O)NCc1ccc([C@H]2O[C@@H](CN3CCC(n4c(=O)[nH]c5ccccc54)CC3)C[C@@H](c3ccc(CO)cc3)O2)cc1. The van der Waals surface area contributed by atoms with Gasteiger partial charge in [0.2, 0.25) is 11.8 Å². The number of rotatable bonds is 14. The lowest BCUT2D eigenvalue weighted by Gasteiger charge is -2.40. The number of carbonyl (C=O) groups is 2. The van der Waals surface area contributed by atoms with Crippen molar-refractivity contribution in [3.8, 4) is 0 Å². The Balaban J connectivity index is 0.916. The van der Waals surface area contributed by atoms with Gasteiger partial charge in [0.1, 0.15) is 0 Å². The first-order valence-corrected chi connectivity index (χ1v) is 19.2. The minimum Gasteiger partial charge on any atom is -0.397 e. The molecule has 2 aliphatic rings. The number of fused-ring (bicyclic) bond motifs is 1. The number of nitrogen functional groups attached to an aromatic ring is 1. The van der Waals surface area contributed by atoms with E-state index in [0.717, 1.165) is 65.8 Å². The van der Waals surface area contributed by atoms with Crippen molar-refractivity contribution in [1.29, 1.82) is 0 Å². The number of ether oxygens (including phenoxy) is 2. The third-order valence-corrected chi connectivity index (χ3v) is 10.7. The number of nitrogens with two attached hydrogens (primary N) is 1. The van der Waals surface area contributed by atoms with Crippen LogP contribution < -0.4 is 22.1 Å². The Kier molecular flexibility index (Phi) is 12.4. The molecule has 0 radical (unpaired) electrons. The molecule has 2 saturated heterocycles. The lowest BCUT2D eigenvalue weighted by Crippen LogP contribution is -2.43. The molecular formula is C43H50N6O6. The zero-order valence-corrected chi connectivity index (χ0v) is 31.0. The Labute approximate surface area is 320 Å². The molecule has 3 heterocycles. The molecule has 0 bridgehead atoms. The van der Waals surface area contributed by atoms with E-state index in [1.807, 2.05) is 89.5 Å². The molecule has 12 heteroatoms. The van der Waals surface area contributed by atoms with Crippen LogP contribution in [0, 0.1) is 0 Å². The number of unbranched alkanes of at least 4 members (excludes halogenated alkanes) is 1. The van der Waals surface area contributed by atoms with E-state index in [1.54, 1.807) is 12.1 Å². The van der Waals surface area contributed by atoms with Crippen LogP contribution in [0.5, 0.6) is 0 Å². The van der Waals surface area contributed by atoms with Gasteiger partial charge in [-0.2, -0.15) is 0 Å². The molecule has 0 unspecified atom stereocenters. The van der Waals surface area contributed by atoms with Crippen LogP contribution in [0.25, 0.3) is 11.0 Å². The monoisotopic (exact) mass is 746 g/mol. The molecule has 2 aliphatic heterocycles. The second-order valence-corrected chi connectivity index (χ2v) is 14.6. The van der Waals surface area contributed by atoms with Gasteiger partial charge in [-0.05, 0) is 66.6 Å².